The molecule has 1 aliphatic heterocycles. The number of carbonyl (C=O) groups excluding carboxylic acids is 1. The minimum Gasteiger partial charge on any atom is -0.493 e. The fourth-order valence-electron chi connectivity index (χ4n) is 4.63. The molecule has 4 aromatic rings. The van der Waals surface area contributed by atoms with Gasteiger partial charge in [0.15, 0.2) is 18.1 Å². The Labute approximate surface area is 248 Å². The van der Waals surface area contributed by atoms with E-state index in [2.05, 4.69) is 6.07 Å². The van der Waals surface area contributed by atoms with Crippen molar-refractivity contribution in [2.24, 2.45) is 5.73 Å². The summed E-state index contributed by atoms with van der Waals surface area (Å²) >= 11 is 5.98. The van der Waals surface area contributed by atoms with Crippen molar-refractivity contribution in [3.8, 4) is 34.8 Å². The maximum atomic E-state index is 12.5. The molecule has 0 aliphatic carbocycles. The van der Waals surface area contributed by atoms with Gasteiger partial charge in [0, 0.05) is 16.7 Å². The Morgan fingerprint density at radius 1 is 0.976 bits per heavy atom. The molecule has 1 aliphatic rings. The van der Waals surface area contributed by atoms with E-state index in [0.717, 1.165) is 16.7 Å². The summed E-state index contributed by atoms with van der Waals surface area (Å²) < 4.78 is 28.5. The Bertz CT molecular complexity index is 1700. The van der Waals surface area contributed by atoms with Gasteiger partial charge in [-0.3, -0.25) is 0 Å². The summed E-state index contributed by atoms with van der Waals surface area (Å²) in [5.41, 5.74) is 9.67. The van der Waals surface area contributed by atoms with Gasteiger partial charge in [0.2, 0.25) is 5.88 Å². The van der Waals surface area contributed by atoms with Gasteiger partial charge >= 0.3 is 5.97 Å². The first-order valence-corrected chi connectivity index (χ1v) is 13.4. The summed E-state index contributed by atoms with van der Waals surface area (Å²) in [7, 11) is 1.56. The molecular weight excluding hydrogens is 556 g/mol. The summed E-state index contributed by atoms with van der Waals surface area (Å²) in [5, 5.41) is 10.5. The molecule has 5 rings (SSSR count). The van der Waals surface area contributed by atoms with Crippen LogP contribution in [0.25, 0.3) is 0 Å². The number of nitriles is 1. The zero-order chi connectivity index (χ0) is 29.6. The second kappa shape index (κ2) is 12.6. The fraction of sp³-hybridized carbons (Fsp3) is 0.152. The molecule has 0 fully saturated rings. The lowest BCUT2D eigenvalue weighted by Gasteiger charge is -2.27. The standard InChI is InChI=1S/C33H27ClN2O6/c1-20-14-23(34)9-13-27(20)40-19-31(37)41-24-10-11-25-29(16-24)42-33(36)26(17-35)32(25)22-8-12-28(30(15-22)38-2)39-18-21-6-4-3-5-7-21/h3-16,32H,18-19,36H2,1-2H3. The lowest BCUT2D eigenvalue weighted by Crippen LogP contribution is -2.22. The quantitative estimate of drug-likeness (QED) is 0.177. The Balaban J connectivity index is 1.35. The monoisotopic (exact) mass is 582 g/mol. The topological polar surface area (TPSA) is 113 Å². The van der Waals surface area contributed by atoms with Gasteiger partial charge in [-0.2, -0.15) is 5.26 Å². The average Bonchev–Trinajstić information content (AvgIpc) is 2.99. The van der Waals surface area contributed by atoms with Crippen molar-refractivity contribution in [1.29, 1.82) is 5.26 Å². The zero-order valence-corrected chi connectivity index (χ0v) is 23.7. The zero-order valence-electron chi connectivity index (χ0n) is 22.9. The first-order chi connectivity index (χ1) is 20.4. The number of hydrogen-bond acceptors (Lipinski definition) is 8. The van der Waals surface area contributed by atoms with Crippen LogP contribution >= 0.6 is 11.6 Å². The van der Waals surface area contributed by atoms with Crippen LogP contribution in [0.4, 0.5) is 0 Å². The van der Waals surface area contributed by atoms with Gasteiger partial charge in [0.25, 0.3) is 0 Å². The van der Waals surface area contributed by atoms with Gasteiger partial charge in [-0.1, -0.05) is 54.1 Å². The van der Waals surface area contributed by atoms with Crippen LogP contribution < -0.4 is 29.4 Å². The molecule has 1 heterocycles. The number of allylic oxidation sites excluding steroid dienone is 1. The van der Waals surface area contributed by atoms with Crippen LogP contribution in [0.15, 0.2) is 96.4 Å². The van der Waals surface area contributed by atoms with Crippen LogP contribution in [0.2, 0.25) is 5.02 Å². The van der Waals surface area contributed by atoms with Gasteiger partial charge in [0.05, 0.1) is 13.0 Å². The minimum absolute atomic E-state index is 0.0385. The molecule has 0 aromatic heterocycles. The van der Waals surface area contributed by atoms with Crippen molar-refractivity contribution in [1.82, 2.24) is 0 Å². The van der Waals surface area contributed by atoms with Crippen LogP contribution in [0, 0.1) is 18.3 Å². The third-order valence-corrected chi connectivity index (χ3v) is 6.90. The molecule has 0 radical (unpaired) electrons. The first kappa shape index (κ1) is 28.4. The lowest BCUT2D eigenvalue weighted by molar-refractivity contribution is -0.136. The normalized spacial score (nSPS) is 13.8. The third-order valence-electron chi connectivity index (χ3n) is 6.66. The molecular formula is C33H27ClN2O6. The van der Waals surface area contributed by atoms with Crippen molar-refractivity contribution >= 4 is 17.6 Å². The average molecular weight is 583 g/mol. The Morgan fingerprint density at radius 3 is 2.50 bits per heavy atom. The molecule has 0 bridgehead atoms. The number of nitrogens with two attached hydrogens (primary N) is 1. The Morgan fingerprint density at radius 2 is 1.76 bits per heavy atom. The van der Waals surface area contributed by atoms with Crippen molar-refractivity contribution < 1.29 is 28.5 Å². The summed E-state index contributed by atoms with van der Waals surface area (Å²) in [4.78, 5) is 12.5. The number of rotatable bonds is 9. The van der Waals surface area contributed by atoms with Crippen LogP contribution in [0.3, 0.4) is 0 Å². The van der Waals surface area contributed by atoms with Crippen LogP contribution in [0.1, 0.15) is 28.2 Å². The molecule has 212 valence electrons. The van der Waals surface area contributed by atoms with E-state index in [1.807, 2.05) is 49.4 Å². The highest BCUT2D eigenvalue weighted by Crippen LogP contribution is 2.45. The number of ether oxygens (including phenoxy) is 5. The van der Waals surface area contributed by atoms with Crippen molar-refractivity contribution in [3.05, 3.63) is 124 Å². The molecule has 0 amide bonds. The number of hydrogen-bond donors (Lipinski definition) is 1. The van der Waals surface area contributed by atoms with E-state index in [0.29, 0.717) is 40.2 Å². The van der Waals surface area contributed by atoms with E-state index in [1.165, 1.54) is 0 Å². The van der Waals surface area contributed by atoms with Gasteiger partial charge in [-0.25, -0.2) is 4.79 Å². The van der Waals surface area contributed by atoms with E-state index in [-0.39, 0.29) is 23.8 Å². The Kier molecular flexibility index (Phi) is 8.51. The molecule has 0 saturated carbocycles. The fourth-order valence-corrected chi connectivity index (χ4v) is 4.86. The lowest BCUT2D eigenvalue weighted by atomic mass is 9.83. The highest BCUT2D eigenvalue weighted by molar-refractivity contribution is 6.30. The number of methoxy groups -OCH3 is 1. The van der Waals surface area contributed by atoms with E-state index in [4.69, 9.17) is 41.0 Å². The van der Waals surface area contributed by atoms with E-state index in [1.54, 1.807) is 49.6 Å². The predicted octanol–water partition coefficient (Wildman–Crippen LogP) is 6.44. The summed E-state index contributed by atoms with van der Waals surface area (Å²) in [6.45, 7) is 1.90. The van der Waals surface area contributed by atoms with Gasteiger partial charge in [-0.15, -0.1) is 0 Å². The number of nitrogens with zero attached hydrogens (tertiary/aromatic N) is 1. The number of aryl methyl sites for hydroxylation is 1. The van der Waals surface area contributed by atoms with Crippen LogP contribution in [0.5, 0.6) is 28.7 Å². The number of benzene rings is 4. The highest BCUT2D eigenvalue weighted by atomic mass is 35.5. The number of halogens is 1. The first-order valence-electron chi connectivity index (χ1n) is 13.0. The smallest absolute Gasteiger partial charge is 0.349 e. The summed E-state index contributed by atoms with van der Waals surface area (Å²) in [6, 6.07) is 27.5. The molecule has 42 heavy (non-hydrogen) atoms. The van der Waals surface area contributed by atoms with Crippen molar-refractivity contribution in [3.63, 3.8) is 0 Å². The summed E-state index contributed by atoms with van der Waals surface area (Å²) in [5.74, 6) is 1.01. The molecule has 9 heteroatoms. The van der Waals surface area contributed by atoms with Crippen molar-refractivity contribution in [2.75, 3.05) is 13.7 Å². The second-order valence-corrected chi connectivity index (χ2v) is 9.92. The number of fused-ring (bicyclic) bond motifs is 1. The van der Waals surface area contributed by atoms with Gasteiger partial charge < -0.3 is 29.4 Å². The number of esters is 1. The van der Waals surface area contributed by atoms with Crippen LogP contribution in [-0.4, -0.2) is 19.7 Å². The molecule has 8 nitrogen and oxygen atoms in total. The maximum absolute atomic E-state index is 12.5. The molecule has 1 atom stereocenters. The van der Waals surface area contributed by atoms with Crippen molar-refractivity contribution in [2.45, 2.75) is 19.4 Å². The molecule has 0 spiro atoms. The SMILES string of the molecule is COc1cc(C2C(C#N)=C(N)Oc3cc(OC(=O)COc4ccc(Cl)cc4C)ccc32)ccc1OCc1ccccc1. The second-order valence-electron chi connectivity index (χ2n) is 9.48. The largest absolute Gasteiger partial charge is 0.493 e. The highest BCUT2D eigenvalue weighted by Gasteiger charge is 2.32. The summed E-state index contributed by atoms with van der Waals surface area (Å²) in [6.07, 6.45) is 0. The minimum atomic E-state index is -0.603. The maximum Gasteiger partial charge on any atom is 0.349 e. The molecule has 4 aromatic carbocycles. The van der Waals surface area contributed by atoms with E-state index in [9.17, 15) is 10.1 Å². The van der Waals surface area contributed by atoms with Gasteiger partial charge in [0.1, 0.15) is 35.5 Å². The predicted molar refractivity (Wildman–Crippen MR) is 157 cm³/mol. The Hall–Kier alpha value is -5.13. The number of carbonyl (C=O) groups is 1. The molecule has 0 saturated heterocycles. The third kappa shape index (κ3) is 6.27. The van der Waals surface area contributed by atoms with Crippen LogP contribution in [-0.2, 0) is 11.4 Å². The van der Waals surface area contributed by atoms with Gasteiger partial charge in [-0.05, 0) is 60.0 Å². The van der Waals surface area contributed by atoms with E-state index >= 15 is 0 Å². The molecule has 1 unspecified atom stereocenters. The van der Waals surface area contributed by atoms with E-state index < -0.39 is 11.9 Å². The molecule has 2 N–H and O–H groups in total.